The molecule has 0 fully saturated rings. The van der Waals surface area contributed by atoms with E-state index in [1.54, 1.807) is 0 Å². The minimum Gasteiger partial charge on any atom is -0.466 e. The topological polar surface area (TPSA) is 55.8 Å². The Morgan fingerprint density at radius 3 is 1.70 bits per heavy atom. The Kier molecular flexibility index (Phi) is 34.2. The van der Waals surface area contributed by atoms with Crippen molar-refractivity contribution in [1.29, 1.82) is 0 Å². The van der Waals surface area contributed by atoms with Crippen molar-refractivity contribution in [3.05, 3.63) is 0 Å². The summed E-state index contributed by atoms with van der Waals surface area (Å²) in [6.07, 6.45) is 33.4. The molecule has 0 bridgehead atoms. The van der Waals surface area contributed by atoms with Gasteiger partial charge in [0.1, 0.15) is 6.29 Å². The first kappa shape index (κ1) is 43.1. The Balaban J connectivity index is 3.98. The molecule has 5 nitrogen and oxygen atoms in total. The first-order valence-electron chi connectivity index (χ1n) is 19.5. The van der Waals surface area contributed by atoms with Crippen LogP contribution in [0.2, 0.25) is 0 Å². The van der Waals surface area contributed by atoms with Gasteiger partial charge in [0, 0.05) is 19.4 Å². The molecule has 0 aliphatic heterocycles. The predicted molar refractivity (Wildman–Crippen MR) is 189 cm³/mol. The third-order valence-corrected chi connectivity index (χ3v) is 9.30. The second-order valence-corrected chi connectivity index (χ2v) is 13.5. The van der Waals surface area contributed by atoms with Gasteiger partial charge in [-0.25, -0.2) is 0 Å². The Morgan fingerprint density at radius 2 is 1.16 bits per heavy atom. The third kappa shape index (κ3) is 31.1. The van der Waals surface area contributed by atoms with E-state index in [1.807, 2.05) is 0 Å². The summed E-state index contributed by atoms with van der Waals surface area (Å²) in [7, 11) is 2.19. The fraction of sp³-hybridized carbons (Fsp3) is 0.949. The second-order valence-electron chi connectivity index (χ2n) is 13.5. The highest BCUT2D eigenvalue weighted by Crippen LogP contribution is 2.21. The molecule has 0 radical (unpaired) electrons. The molecule has 0 N–H and O–H groups in total. The lowest BCUT2D eigenvalue weighted by atomic mass is 9.93. The van der Waals surface area contributed by atoms with Crippen LogP contribution in [0.15, 0.2) is 0 Å². The van der Waals surface area contributed by atoms with Crippen molar-refractivity contribution in [2.45, 2.75) is 200 Å². The van der Waals surface area contributed by atoms with Gasteiger partial charge in [-0.3, -0.25) is 4.79 Å². The average molecular weight is 624 g/mol. The molecule has 0 aromatic carbocycles. The summed E-state index contributed by atoms with van der Waals surface area (Å²) < 4.78 is 12.0. The van der Waals surface area contributed by atoms with Crippen LogP contribution >= 0.6 is 0 Å². The van der Waals surface area contributed by atoms with Gasteiger partial charge in [0.2, 0.25) is 0 Å². The lowest BCUT2D eigenvalue weighted by Crippen LogP contribution is -2.20. The normalized spacial score (nSPS) is 12.3. The van der Waals surface area contributed by atoms with E-state index in [4.69, 9.17) is 9.47 Å². The van der Waals surface area contributed by atoms with Gasteiger partial charge in [-0.2, -0.15) is 0 Å². The molecule has 262 valence electrons. The van der Waals surface area contributed by atoms with Crippen molar-refractivity contribution >= 4 is 12.3 Å². The van der Waals surface area contributed by atoms with Gasteiger partial charge in [0.25, 0.3) is 0 Å². The number of esters is 1. The predicted octanol–water partition coefficient (Wildman–Crippen LogP) is 11.3. The highest BCUT2D eigenvalue weighted by molar-refractivity contribution is 5.69. The van der Waals surface area contributed by atoms with E-state index in [1.165, 1.54) is 128 Å². The van der Waals surface area contributed by atoms with Gasteiger partial charge in [0.05, 0.1) is 12.7 Å². The zero-order valence-corrected chi connectivity index (χ0v) is 30.2. The highest BCUT2D eigenvalue weighted by atomic mass is 16.5. The first-order chi connectivity index (χ1) is 21.6. The van der Waals surface area contributed by atoms with E-state index in [2.05, 4.69) is 32.7 Å². The number of carbonyl (C=O) groups excluding carboxylic acids is 2. The Hall–Kier alpha value is -0.940. The Labute approximate surface area is 275 Å². The second kappa shape index (κ2) is 34.9. The Bertz CT molecular complexity index is 591. The molecule has 1 unspecified atom stereocenters. The SMILES string of the molecule is CCCCC(CCCC)CCOC(=O)CCCCCCCCCC(CCCCCCCCCC=O)OCCCCN(C)CC. The average Bonchev–Trinajstić information content (AvgIpc) is 3.03. The van der Waals surface area contributed by atoms with Crippen molar-refractivity contribution in [3.63, 3.8) is 0 Å². The molecule has 0 aromatic heterocycles. The van der Waals surface area contributed by atoms with Gasteiger partial charge in [0.15, 0.2) is 0 Å². The molecular formula is C39H77NO4. The number of carbonyl (C=O) groups is 2. The summed E-state index contributed by atoms with van der Waals surface area (Å²) in [5.41, 5.74) is 0. The molecule has 0 saturated carbocycles. The number of nitrogens with zero attached hydrogens (tertiary/aromatic N) is 1. The number of unbranched alkanes of at least 4 members (excludes halogenated alkanes) is 16. The molecule has 44 heavy (non-hydrogen) atoms. The van der Waals surface area contributed by atoms with Crippen LogP contribution in [0, 0.1) is 5.92 Å². The fourth-order valence-electron chi connectivity index (χ4n) is 6.04. The van der Waals surface area contributed by atoms with E-state index in [0.717, 1.165) is 70.4 Å². The minimum atomic E-state index is 0.00718. The van der Waals surface area contributed by atoms with Crippen LogP contribution in [0.25, 0.3) is 0 Å². The van der Waals surface area contributed by atoms with E-state index >= 15 is 0 Å². The molecule has 0 rings (SSSR count). The van der Waals surface area contributed by atoms with Crippen LogP contribution in [-0.4, -0.2) is 56.6 Å². The zero-order chi connectivity index (χ0) is 32.4. The summed E-state index contributed by atoms with van der Waals surface area (Å²) in [6, 6.07) is 0. The standard InChI is InChI=1S/C39H77NO4/c1-5-8-27-37(28-9-6-2)32-36-44-39(42)31-23-19-15-12-14-18-22-30-38(43-35-26-24-33-40(4)7-3)29-21-17-13-10-11-16-20-25-34-41/h34,37-38H,5-33,35-36H2,1-4H3. The number of hydrogen-bond acceptors (Lipinski definition) is 5. The number of hydrogen-bond donors (Lipinski definition) is 0. The van der Waals surface area contributed by atoms with Crippen molar-refractivity contribution in [3.8, 4) is 0 Å². The maximum Gasteiger partial charge on any atom is 0.305 e. The van der Waals surface area contributed by atoms with Crippen LogP contribution in [-0.2, 0) is 19.1 Å². The van der Waals surface area contributed by atoms with Gasteiger partial charge in [-0.05, 0) is 71.0 Å². The van der Waals surface area contributed by atoms with Crippen LogP contribution in [0.1, 0.15) is 194 Å². The lowest BCUT2D eigenvalue weighted by molar-refractivity contribution is -0.144. The van der Waals surface area contributed by atoms with Crippen molar-refractivity contribution in [1.82, 2.24) is 4.90 Å². The van der Waals surface area contributed by atoms with E-state index < -0.39 is 0 Å². The smallest absolute Gasteiger partial charge is 0.305 e. The maximum absolute atomic E-state index is 12.2. The monoisotopic (exact) mass is 624 g/mol. The van der Waals surface area contributed by atoms with Crippen molar-refractivity contribution in [2.24, 2.45) is 5.92 Å². The van der Waals surface area contributed by atoms with Crippen LogP contribution in [0.4, 0.5) is 0 Å². The summed E-state index contributed by atoms with van der Waals surface area (Å²) in [5.74, 6) is 0.733. The van der Waals surface area contributed by atoms with Gasteiger partial charge in [-0.15, -0.1) is 0 Å². The molecular weight excluding hydrogens is 546 g/mol. The Morgan fingerprint density at radius 1 is 0.614 bits per heavy atom. The van der Waals surface area contributed by atoms with E-state index in [9.17, 15) is 9.59 Å². The van der Waals surface area contributed by atoms with Gasteiger partial charge >= 0.3 is 5.97 Å². The molecule has 0 aliphatic rings. The number of ether oxygens (including phenoxy) is 2. The zero-order valence-electron chi connectivity index (χ0n) is 30.2. The third-order valence-electron chi connectivity index (χ3n) is 9.30. The first-order valence-corrected chi connectivity index (χ1v) is 19.5. The number of aldehydes is 1. The highest BCUT2D eigenvalue weighted by Gasteiger charge is 2.11. The lowest BCUT2D eigenvalue weighted by Gasteiger charge is -2.19. The molecule has 0 heterocycles. The van der Waals surface area contributed by atoms with Crippen LogP contribution in [0.3, 0.4) is 0 Å². The molecule has 0 spiro atoms. The molecule has 0 amide bonds. The largest absolute Gasteiger partial charge is 0.466 e. The summed E-state index contributed by atoms with van der Waals surface area (Å²) >= 11 is 0. The van der Waals surface area contributed by atoms with Crippen LogP contribution in [0.5, 0.6) is 0 Å². The summed E-state index contributed by atoms with van der Waals surface area (Å²) in [5, 5.41) is 0. The van der Waals surface area contributed by atoms with Gasteiger partial charge < -0.3 is 19.2 Å². The molecule has 0 aliphatic carbocycles. The van der Waals surface area contributed by atoms with Crippen molar-refractivity contribution < 1.29 is 19.1 Å². The fourth-order valence-corrected chi connectivity index (χ4v) is 6.04. The minimum absolute atomic E-state index is 0.00718. The van der Waals surface area contributed by atoms with E-state index in [-0.39, 0.29) is 5.97 Å². The van der Waals surface area contributed by atoms with Gasteiger partial charge in [-0.1, -0.05) is 136 Å². The summed E-state index contributed by atoms with van der Waals surface area (Å²) in [4.78, 5) is 25.0. The molecule has 5 heteroatoms. The van der Waals surface area contributed by atoms with Crippen LogP contribution < -0.4 is 0 Å². The quantitative estimate of drug-likeness (QED) is 0.0395. The number of rotatable bonds is 36. The molecule has 1 atom stereocenters. The molecule has 0 aromatic rings. The van der Waals surface area contributed by atoms with Crippen molar-refractivity contribution in [2.75, 3.05) is 33.4 Å². The summed E-state index contributed by atoms with van der Waals surface area (Å²) in [6.45, 7) is 10.5. The molecule has 0 saturated heterocycles. The maximum atomic E-state index is 12.2. The van der Waals surface area contributed by atoms with E-state index in [0.29, 0.717) is 19.1 Å².